The SMILES string of the molecule is COc1ccc(C(C(=N)N)C(=O)c2ccc(F)cc2)cc1F. The first-order valence-corrected chi connectivity index (χ1v) is 6.41. The lowest BCUT2D eigenvalue weighted by Gasteiger charge is -2.16. The van der Waals surface area contributed by atoms with Gasteiger partial charge in [0.05, 0.1) is 7.11 Å². The van der Waals surface area contributed by atoms with Crippen LogP contribution in [0.3, 0.4) is 0 Å². The Hall–Kier alpha value is -2.76. The minimum absolute atomic E-state index is 0.0280. The summed E-state index contributed by atoms with van der Waals surface area (Å²) in [5, 5.41) is 7.61. The van der Waals surface area contributed by atoms with Gasteiger partial charge in [-0.25, -0.2) is 8.78 Å². The molecule has 22 heavy (non-hydrogen) atoms. The second kappa shape index (κ2) is 6.34. The van der Waals surface area contributed by atoms with E-state index < -0.39 is 29.2 Å². The molecule has 0 saturated heterocycles. The normalized spacial score (nSPS) is 11.8. The maximum atomic E-state index is 13.8. The van der Waals surface area contributed by atoms with Crippen molar-refractivity contribution in [1.29, 1.82) is 5.41 Å². The lowest BCUT2D eigenvalue weighted by Crippen LogP contribution is -2.28. The number of hydrogen-bond donors (Lipinski definition) is 2. The van der Waals surface area contributed by atoms with Gasteiger partial charge in [-0.2, -0.15) is 0 Å². The Bertz CT molecular complexity index is 715. The molecule has 0 bridgehead atoms. The van der Waals surface area contributed by atoms with Crippen molar-refractivity contribution < 1.29 is 18.3 Å². The van der Waals surface area contributed by atoms with Gasteiger partial charge in [0.2, 0.25) is 0 Å². The van der Waals surface area contributed by atoms with Crippen LogP contribution in [0.15, 0.2) is 42.5 Å². The van der Waals surface area contributed by atoms with Gasteiger partial charge in [-0.1, -0.05) is 6.07 Å². The van der Waals surface area contributed by atoms with E-state index in [0.29, 0.717) is 0 Å². The summed E-state index contributed by atoms with van der Waals surface area (Å²) in [5.41, 5.74) is 5.92. The van der Waals surface area contributed by atoms with Crippen LogP contribution in [0.25, 0.3) is 0 Å². The Morgan fingerprint density at radius 3 is 2.32 bits per heavy atom. The summed E-state index contributed by atoms with van der Waals surface area (Å²) in [6.45, 7) is 0. The van der Waals surface area contributed by atoms with Crippen molar-refractivity contribution in [2.75, 3.05) is 7.11 Å². The summed E-state index contributed by atoms with van der Waals surface area (Å²) in [4.78, 5) is 12.5. The number of methoxy groups -OCH3 is 1. The maximum absolute atomic E-state index is 13.8. The predicted octanol–water partition coefficient (Wildman–Crippen LogP) is 2.88. The molecule has 0 spiro atoms. The molecule has 1 atom stereocenters. The third kappa shape index (κ3) is 3.11. The van der Waals surface area contributed by atoms with Gasteiger partial charge in [0.15, 0.2) is 17.3 Å². The first kappa shape index (κ1) is 15.6. The molecule has 0 aliphatic heterocycles. The maximum Gasteiger partial charge on any atom is 0.177 e. The lowest BCUT2D eigenvalue weighted by molar-refractivity contribution is 0.0982. The summed E-state index contributed by atoms with van der Waals surface area (Å²) in [6.07, 6.45) is 0. The number of nitrogens with two attached hydrogens (primary N) is 1. The summed E-state index contributed by atoms with van der Waals surface area (Å²) >= 11 is 0. The summed E-state index contributed by atoms with van der Waals surface area (Å²) in [7, 11) is 1.32. The third-order valence-corrected chi connectivity index (χ3v) is 3.21. The minimum atomic E-state index is -1.13. The van der Waals surface area contributed by atoms with Gasteiger partial charge < -0.3 is 10.5 Å². The molecule has 2 rings (SSSR count). The lowest BCUT2D eigenvalue weighted by atomic mass is 9.89. The van der Waals surface area contributed by atoms with E-state index >= 15 is 0 Å². The molecule has 0 aliphatic carbocycles. The van der Waals surface area contributed by atoms with Crippen molar-refractivity contribution in [3.63, 3.8) is 0 Å². The molecule has 0 heterocycles. The van der Waals surface area contributed by atoms with Crippen LogP contribution < -0.4 is 10.5 Å². The first-order chi connectivity index (χ1) is 10.4. The number of rotatable bonds is 5. The Kier molecular flexibility index (Phi) is 4.50. The Balaban J connectivity index is 2.42. The van der Waals surface area contributed by atoms with E-state index in [0.717, 1.165) is 18.2 Å². The van der Waals surface area contributed by atoms with Crippen molar-refractivity contribution in [3.8, 4) is 5.75 Å². The van der Waals surface area contributed by atoms with E-state index in [9.17, 15) is 13.6 Å². The standard InChI is InChI=1S/C16H14F2N2O2/c1-22-13-7-4-10(8-12(13)18)14(16(19)20)15(21)9-2-5-11(17)6-3-9/h2-8,14H,1H3,(H3,19,20). The second-order valence-electron chi connectivity index (χ2n) is 4.65. The third-order valence-electron chi connectivity index (χ3n) is 3.21. The van der Waals surface area contributed by atoms with Crippen molar-refractivity contribution in [2.24, 2.45) is 5.73 Å². The topological polar surface area (TPSA) is 76.2 Å². The molecular weight excluding hydrogens is 290 g/mol. The molecular formula is C16H14F2N2O2. The van der Waals surface area contributed by atoms with Crippen LogP contribution in [0, 0.1) is 17.0 Å². The van der Waals surface area contributed by atoms with Crippen LogP contribution in [0.4, 0.5) is 8.78 Å². The number of hydrogen-bond acceptors (Lipinski definition) is 3. The van der Waals surface area contributed by atoms with Crippen molar-refractivity contribution in [1.82, 2.24) is 0 Å². The van der Waals surface area contributed by atoms with Crippen LogP contribution >= 0.6 is 0 Å². The minimum Gasteiger partial charge on any atom is -0.494 e. The van der Waals surface area contributed by atoms with Crippen LogP contribution in [0.5, 0.6) is 5.75 Å². The zero-order valence-electron chi connectivity index (χ0n) is 11.8. The van der Waals surface area contributed by atoms with Gasteiger partial charge in [0.25, 0.3) is 0 Å². The highest BCUT2D eigenvalue weighted by molar-refractivity contribution is 6.14. The Morgan fingerprint density at radius 1 is 1.18 bits per heavy atom. The molecule has 0 fully saturated rings. The smallest absolute Gasteiger partial charge is 0.177 e. The molecule has 0 radical (unpaired) electrons. The van der Waals surface area contributed by atoms with Crippen molar-refractivity contribution >= 4 is 11.6 Å². The molecule has 3 N–H and O–H groups in total. The van der Waals surface area contributed by atoms with E-state index in [1.165, 1.54) is 31.4 Å². The summed E-state index contributed by atoms with van der Waals surface area (Å²) in [6, 6.07) is 8.80. The van der Waals surface area contributed by atoms with Gasteiger partial charge in [0.1, 0.15) is 17.6 Å². The Morgan fingerprint density at radius 2 is 1.82 bits per heavy atom. The highest BCUT2D eigenvalue weighted by atomic mass is 19.1. The molecule has 6 heteroatoms. The number of Topliss-reactive ketones (excluding diaryl/α,β-unsaturated/α-hetero) is 1. The van der Waals surface area contributed by atoms with Gasteiger partial charge in [-0.3, -0.25) is 10.2 Å². The fraction of sp³-hybridized carbons (Fsp3) is 0.125. The number of ketones is 1. The number of ether oxygens (including phenoxy) is 1. The molecule has 0 aromatic heterocycles. The van der Waals surface area contributed by atoms with Crippen LogP contribution in [-0.4, -0.2) is 18.7 Å². The second-order valence-corrected chi connectivity index (χ2v) is 4.65. The molecule has 0 saturated carbocycles. The average molecular weight is 304 g/mol. The molecule has 1 unspecified atom stereocenters. The van der Waals surface area contributed by atoms with Gasteiger partial charge in [0, 0.05) is 5.56 Å². The summed E-state index contributed by atoms with van der Waals surface area (Å²) in [5.74, 6) is -3.16. The first-order valence-electron chi connectivity index (χ1n) is 6.41. The van der Waals surface area contributed by atoms with E-state index in [4.69, 9.17) is 15.9 Å². The fourth-order valence-corrected chi connectivity index (χ4v) is 2.12. The summed E-state index contributed by atoms with van der Waals surface area (Å²) < 4.78 is 31.5. The zero-order valence-corrected chi connectivity index (χ0v) is 11.8. The zero-order chi connectivity index (χ0) is 16.3. The molecule has 0 amide bonds. The van der Waals surface area contributed by atoms with Gasteiger partial charge in [-0.15, -0.1) is 0 Å². The number of nitrogens with one attached hydrogen (secondary N) is 1. The quantitative estimate of drug-likeness (QED) is 0.506. The number of amidine groups is 1. The average Bonchev–Trinajstić information content (AvgIpc) is 2.48. The van der Waals surface area contributed by atoms with Gasteiger partial charge in [-0.05, 0) is 42.0 Å². The predicted molar refractivity (Wildman–Crippen MR) is 78.3 cm³/mol. The van der Waals surface area contributed by atoms with E-state index in [-0.39, 0.29) is 16.9 Å². The highest BCUT2D eigenvalue weighted by Gasteiger charge is 2.26. The number of carbonyl (C=O) groups is 1. The number of halogens is 2. The van der Waals surface area contributed by atoms with E-state index in [2.05, 4.69) is 0 Å². The molecule has 2 aromatic carbocycles. The number of carbonyl (C=O) groups excluding carboxylic acids is 1. The molecule has 0 aliphatic rings. The van der Waals surface area contributed by atoms with Crippen LogP contribution in [0.1, 0.15) is 21.8 Å². The van der Waals surface area contributed by atoms with E-state index in [1.54, 1.807) is 0 Å². The van der Waals surface area contributed by atoms with E-state index in [1.807, 2.05) is 0 Å². The monoisotopic (exact) mass is 304 g/mol. The van der Waals surface area contributed by atoms with Crippen molar-refractivity contribution in [3.05, 3.63) is 65.2 Å². The molecule has 4 nitrogen and oxygen atoms in total. The largest absolute Gasteiger partial charge is 0.494 e. The van der Waals surface area contributed by atoms with Crippen LogP contribution in [-0.2, 0) is 0 Å². The Labute approximate surface area is 126 Å². The van der Waals surface area contributed by atoms with Crippen molar-refractivity contribution in [2.45, 2.75) is 5.92 Å². The highest BCUT2D eigenvalue weighted by Crippen LogP contribution is 2.26. The number of benzene rings is 2. The fourth-order valence-electron chi connectivity index (χ4n) is 2.12. The van der Waals surface area contributed by atoms with Crippen LogP contribution in [0.2, 0.25) is 0 Å². The van der Waals surface area contributed by atoms with Gasteiger partial charge >= 0.3 is 0 Å². The molecule has 2 aromatic rings. The molecule has 114 valence electrons.